The minimum absolute atomic E-state index is 0.148. The van der Waals surface area contributed by atoms with Crippen molar-refractivity contribution in [3.63, 3.8) is 0 Å². The van der Waals surface area contributed by atoms with Gasteiger partial charge in [0.15, 0.2) is 0 Å². The Kier molecular flexibility index (Phi) is 24.7. The standard InChI is InChI=1S/C54H65N9O18/c1-28(64)45(55)53(80)63-46(29(2)65)54(81)62-39(22-31-11-7-4-8-12-31)50(77)58-37(21-30-9-5-3-6-10-30)48(75)61-41(26-43(70)71)52(79)59-38(24-33-15-19-35(67)20-16-33)49(76)60-40(25-42(68)69)51(78)57-36(47(74)56-27-44(72)73)23-32-13-17-34(66)18-14-32/h3-20,28-29,36-41,45-46,64-67H,21-27,55H2,1-2H3,(H,56,74)(H,57,78)(H,58,77)(H,59,79)(H,60,76)(H,61,75)(H,62,81)(H,63,80)(H,68,69)(H,70,71)(H,72,73)/t28-,29-,36+,37+,38+,39+,40+,41+,45+,46+/m1/s1. The molecular weight excluding hydrogens is 1060 g/mol. The summed E-state index contributed by atoms with van der Waals surface area (Å²) in [5, 5.41) is 87.7. The summed E-state index contributed by atoms with van der Waals surface area (Å²) in [6, 6.07) is 12.7. The zero-order valence-electron chi connectivity index (χ0n) is 43.8. The lowest BCUT2D eigenvalue weighted by Crippen LogP contribution is -2.62. The van der Waals surface area contributed by atoms with Crippen molar-refractivity contribution in [2.75, 3.05) is 6.54 Å². The van der Waals surface area contributed by atoms with Crippen LogP contribution in [0.25, 0.3) is 0 Å². The molecule has 17 N–H and O–H groups in total. The van der Waals surface area contributed by atoms with Gasteiger partial charge in [0.2, 0.25) is 47.3 Å². The molecule has 10 atom stereocenters. The van der Waals surface area contributed by atoms with Crippen molar-refractivity contribution in [1.29, 1.82) is 0 Å². The van der Waals surface area contributed by atoms with Crippen molar-refractivity contribution in [3.8, 4) is 11.5 Å². The van der Waals surface area contributed by atoms with Crippen LogP contribution in [-0.2, 0) is 78.4 Å². The number of carbonyl (C=O) groups is 11. The topological polar surface area (TPSA) is 452 Å². The van der Waals surface area contributed by atoms with E-state index in [0.29, 0.717) is 16.7 Å². The second-order valence-electron chi connectivity index (χ2n) is 18.8. The van der Waals surface area contributed by atoms with E-state index in [9.17, 15) is 83.4 Å². The Morgan fingerprint density at radius 3 is 1.01 bits per heavy atom. The molecule has 0 fully saturated rings. The largest absolute Gasteiger partial charge is 0.508 e. The third-order valence-corrected chi connectivity index (χ3v) is 12.2. The second-order valence-corrected chi connectivity index (χ2v) is 18.8. The molecule has 0 spiro atoms. The van der Waals surface area contributed by atoms with E-state index >= 15 is 0 Å². The fraction of sp³-hybridized carbons (Fsp3) is 0.352. The van der Waals surface area contributed by atoms with E-state index < -0.39 is 152 Å². The Hall–Kier alpha value is -9.47. The van der Waals surface area contributed by atoms with E-state index in [1.165, 1.54) is 62.4 Å². The van der Waals surface area contributed by atoms with E-state index in [0.717, 1.165) is 0 Å². The number of carboxylic acid groups (broad SMARTS) is 3. The van der Waals surface area contributed by atoms with Crippen molar-refractivity contribution >= 4 is 65.2 Å². The van der Waals surface area contributed by atoms with Gasteiger partial charge in [-0.3, -0.25) is 52.7 Å². The minimum atomic E-state index is -2.05. The number of hydrogen-bond donors (Lipinski definition) is 16. The molecule has 0 radical (unpaired) electrons. The highest BCUT2D eigenvalue weighted by Crippen LogP contribution is 2.15. The van der Waals surface area contributed by atoms with Crippen molar-refractivity contribution in [3.05, 3.63) is 131 Å². The molecule has 0 saturated carbocycles. The molecule has 0 aliphatic heterocycles. The van der Waals surface area contributed by atoms with Gasteiger partial charge in [-0.25, -0.2) is 0 Å². The van der Waals surface area contributed by atoms with Crippen LogP contribution in [0.5, 0.6) is 11.5 Å². The van der Waals surface area contributed by atoms with Gasteiger partial charge in [-0.15, -0.1) is 0 Å². The van der Waals surface area contributed by atoms with Gasteiger partial charge in [0, 0.05) is 25.7 Å². The molecule has 27 nitrogen and oxygen atoms in total. The fourth-order valence-electron chi connectivity index (χ4n) is 7.82. The minimum Gasteiger partial charge on any atom is -0.508 e. The molecule has 0 aliphatic rings. The highest BCUT2D eigenvalue weighted by Gasteiger charge is 2.37. The fourth-order valence-corrected chi connectivity index (χ4v) is 7.82. The third-order valence-electron chi connectivity index (χ3n) is 12.2. The van der Waals surface area contributed by atoms with Crippen molar-refractivity contribution in [1.82, 2.24) is 42.5 Å². The van der Waals surface area contributed by atoms with Crippen LogP contribution in [0, 0.1) is 0 Å². The van der Waals surface area contributed by atoms with Crippen LogP contribution >= 0.6 is 0 Å². The van der Waals surface area contributed by atoms with Gasteiger partial charge in [-0.1, -0.05) is 84.9 Å². The number of aliphatic carboxylic acids is 3. The van der Waals surface area contributed by atoms with Crippen LogP contribution in [0.15, 0.2) is 109 Å². The van der Waals surface area contributed by atoms with Gasteiger partial charge < -0.3 is 84.0 Å². The molecule has 0 saturated heterocycles. The number of carbonyl (C=O) groups excluding carboxylic acids is 8. The Morgan fingerprint density at radius 1 is 0.383 bits per heavy atom. The Bertz CT molecular complexity index is 2840. The average molecular weight is 1130 g/mol. The Morgan fingerprint density at radius 2 is 0.691 bits per heavy atom. The Labute approximate surface area is 463 Å². The monoisotopic (exact) mass is 1130 g/mol. The van der Waals surface area contributed by atoms with Crippen LogP contribution < -0.4 is 48.3 Å². The quantitative estimate of drug-likeness (QED) is 0.0239. The molecule has 434 valence electrons. The molecule has 81 heavy (non-hydrogen) atoms. The summed E-state index contributed by atoms with van der Waals surface area (Å²) in [6.45, 7) is 1.51. The molecule has 27 heteroatoms. The molecular formula is C54H65N9O18. The number of nitrogens with two attached hydrogens (primary N) is 1. The number of hydrogen-bond acceptors (Lipinski definition) is 16. The van der Waals surface area contributed by atoms with Gasteiger partial charge >= 0.3 is 17.9 Å². The predicted molar refractivity (Wildman–Crippen MR) is 284 cm³/mol. The van der Waals surface area contributed by atoms with Crippen LogP contribution in [-0.4, -0.2) is 168 Å². The summed E-state index contributed by atoms with van der Waals surface area (Å²) >= 11 is 0. The lowest BCUT2D eigenvalue weighted by atomic mass is 10.0. The summed E-state index contributed by atoms with van der Waals surface area (Å²) in [6.07, 6.45) is -6.56. The molecule has 4 aromatic carbocycles. The number of aliphatic hydroxyl groups is 2. The Balaban J connectivity index is 1.67. The van der Waals surface area contributed by atoms with E-state index in [2.05, 4.69) is 42.5 Å². The van der Waals surface area contributed by atoms with Crippen molar-refractivity contribution in [2.24, 2.45) is 5.73 Å². The normalized spacial score (nSPS) is 14.6. The number of carboxylic acids is 3. The third kappa shape index (κ3) is 21.7. The molecule has 0 bridgehead atoms. The molecule has 8 amide bonds. The number of phenolic OH excluding ortho intramolecular Hbond substituents is 2. The molecule has 4 aromatic rings. The molecule has 4 rings (SSSR count). The first kappa shape index (κ1) is 64.1. The van der Waals surface area contributed by atoms with Gasteiger partial charge in [0.25, 0.3) is 0 Å². The van der Waals surface area contributed by atoms with Crippen LogP contribution in [0.1, 0.15) is 48.9 Å². The van der Waals surface area contributed by atoms with Crippen LogP contribution in [0.2, 0.25) is 0 Å². The number of benzene rings is 4. The summed E-state index contributed by atoms with van der Waals surface area (Å²) in [5.74, 6) is -14.2. The summed E-state index contributed by atoms with van der Waals surface area (Å²) in [7, 11) is 0. The van der Waals surface area contributed by atoms with Gasteiger partial charge in [-0.2, -0.15) is 0 Å². The van der Waals surface area contributed by atoms with Crippen LogP contribution in [0.3, 0.4) is 0 Å². The van der Waals surface area contributed by atoms with E-state index in [1.807, 2.05) is 0 Å². The average Bonchev–Trinajstić information content (AvgIpc) is 3.42. The predicted octanol–water partition coefficient (Wildman–Crippen LogP) is -3.00. The summed E-state index contributed by atoms with van der Waals surface area (Å²) < 4.78 is 0. The summed E-state index contributed by atoms with van der Waals surface area (Å²) in [4.78, 5) is 147. The highest BCUT2D eigenvalue weighted by atomic mass is 16.4. The van der Waals surface area contributed by atoms with E-state index in [1.54, 1.807) is 60.7 Å². The lowest BCUT2D eigenvalue weighted by Gasteiger charge is -2.28. The van der Waals surface area contributed by atoms with Crippen molar-refractivity contribution in [2.45, 2.75) is 113 Å². The molecule has 0 aromatic heterocycles. The van der Waals surface area contributed by atoms with E-state index in [4.69, 9.17) is 10.8 Å². The molecule has 0 aliphatic carbocycles. The zero-order chi connectivity index (χ0) is 59.9. The first-order valence-electron chi connectivity index (χ1n) is 25.1. The van der Waals surface area contributed by atoms with Gasteiger partial charge in [-0.05, 0) is 60.4 Å². The number of aromatic hydroxyl groups is 2. The summed E-state index contributed by atoms with van der Waals surface area (Å²) in [5.41, 5.74) is 7.25. The maximum Gasteiger partial charge on any atom is 0.322 e. The van der Waals surface area contributed by atoms with Crippen LogP contribution in [0.4, 0.5) is 0 Å². The molecule has 0 heterocycles. The second kappa shape index (κ2) is 31.2. The number of nitrogens with one attached hydrogen (secondary N) is 8. The highest BCUT2D eigenvalue weighted by molar-refractivity contribution is 5.99. The van der Waals surface area contributed by atoms with E-state index in [-0.39, 0.29) is 36.3 Å². The number of aliphatic hydroxyl groups excluding tert-OH is 2. The maximum absolute atomic E-state index is 14.5. The number of rotatable bonds is 31. The smallest absolute Gasteiger partial charge is 0.322 e. The van der Waals surface area contributed by atoms with Gasteiger partial charge in [0.1, 0.15) is 66.4 Å². The zero-order valence-corrected chi connectivity index (χ0v) is 43.8. The molecule has 0 unspecified atom stereocenters. The first-order chi connectivity index (χ1) is 38.3. The first-order valence-corrected chi connectivity index (χ1v) is 25.1. The van der Waals surface area contributed by atoms with Crippen molar-refractivity contribution < 1.29 is 88.5 Å². The lowest BCUT2D eigenvalue weighted by molar-refractivity contribution is -0.142. The van der Waals surface area contributed by atoms with Gasteiger partial charge in [0.05, 0.1) is 25.0 Å². The maximum atomic E-state index is 14.5. The SMILES string of the molecule is C[C@@H](O)[C@H](N)C(=O)N[C@H](C(=O)N[C@@H](Cc1ccccc1)C(=O)N[C@@H](Cc1ccccc1)C(=O)N[C@@H](CC(=O)O)C(=O)N[C@@H](Cc1ccc(O)cc1)C(=O)N[C@@H](CC(=O)O)C(=O)N[C@@H](Cc1ccc(O)cc1)C(=O)NCC(=O)O)[C@@H](C)O. The number of phenols is 2. The number of amides is 8.